The molecule has 0 aliphatic heterocycles. The van der Waals surface area contributed by atoms with Gasteiger partial charge in [-0.2, -0.15) is 0 Å². The van der Waals surface area contributed by atoms with Gasteiger partial charge in [0.05, 0.1) is 5.56 Å². The van der Waals surface area contributed by atoms with Crippen LogP contribution in [0.1, 0.15) is 29.8 Å². The molecular weight excluding hydrogens is 252 g/mol. The minimum absolute atomic E-state index is 0.228. The smallest absolute Gasteiger partial charge is 0.335 e. The van der Waals surface area contributed by atoms with Crippen molar-refractivity contribution < 1.29 is 9.90 Å². The molecule has 1 aromatic heterocycles. The van der Waals surface area contributed by atoms with Crippen LogP contribution < -0.4 is 4.90 Å². The van der Waals surface area contributed by atoms with Crippen molar-refractivity contribution in [3.05, 3.63) is 59.8 Å². The molecule has 0 spiro atoms. The summed E-state index contributed by atoms with van der Waals surface area (Å²) in [4.78, 5) is 17.4. The van der Waals surface area contributed by atoms with Crippen LogP contribution in [0.5, 0.6) is 0 Å². The number of carboxylic acid groups (broad SMARTS) is 1. The van der Waals surface area contributed by atoms with E-state index in [1.165, 1.54) is 11.6 Å². The number of rotatable bonds is 5. The number of hydrogen-bond acceptors (Lipinski definition) is 3. The zero-order valence-electron chi connectivity index (χ0n) is 11.7. The Bertz CT molecular complexity index is 582. The molecule has 4 nitrogen and oxygen atoms in total. The van der Waals surface area contributed by atoms with Gasteiger partial charge >= 0.3 is 5.97 Å². The van der Waals surface area contributed by atoms with Crippen LogP contribution in [0.4, 0.5) is 5.82 Å². The fraction of sp³-hybridized carbons (Fsp3) is 0.250. The fourth-order valence-corrected chi connectivity index (χ4v) is 2.02. The van der Waals surface area contributed by atoms with E-state index >= 15 is 0 Å². The predicted molar refractivity (Wildman–Crippen MR) is 79.0 cm³/mol. The number of pyridine rings is 1. The van der Waals surface area contributed by atoms with Gasteiger partial charge in [-0.25, -0.2) is 9.78 Å². The topological polar surface area (TPSA) is 53.4 Å². The van der Waals surface area contributed by atoms with E-state index in [-0.39, 0.29) is 11.6 Å². The lowest BCUT2D eigenvalue weighted by Crippen LogP contribution is -2.31. The van der Waals surface area contributed by atoms with Gasteiger partial charge in [-0.3, -0.25) is 0 Å². The standard InChI is InChI=1S/C16H18N2O2/c1-12(2)18(11-13-6-4-3-5-7-13)15-10-14(16(19)20)8-9-17-15/h3-10,12H,11H2,1-2H3,(H,19,20). The van der Waals surface area contributed by atoms with Gasteiger partial charge in [0.25, 0.3) is 0 Å². The molecule has 20 heavy (non-hydrogen) atoms. The number of carbonyl (C=O) groups is 1. The molecule has 0 amide bonds. The van der Waals surface area contributed by atoms with E-state index in [1.807, 2.05) is 18.2 Å². The molecule has 0 saturated heterocycles. The Hall–Kier alpha value is -2.36. The molecule has 0 fully saturated rings. The molecule has 0 aliphatic rings. The summed E-state index contributed by atoms with van der Waals surface area (Å²) in [5, 5.41) is 9.07. The van der Waals surface area contributed by atoms with Gasteiger partial charge in [0.15, 0.2) is 0 Å². The van der Waals surface area contributed by atoms with Crippen LogP contribution in [0.25, 0.3) is 0 Å². The van der Waals surface area contributed by atoms with E-state index < -0.39 is 5.97 Å². The van der Waals surface area contributed by atoms with Crippen molar-refractivity contribution in [1.29, 1.82) is 0 Å². The number of nitrogens with zero attached hydrogens (tertiary/aromatic N) is 2. The van der Waals surface area contributed by atoms with E-state index in [0.717, 1.165) is 0 Å². The maximum Gasteiger partial charge on any atom is 0.335 e. The van der Waals surface area contributed by atoms with Crippen molar-refractivity contribution >= 4 is 11.8 Å². The lowest BCUT2D eigenvalue weighted by molar-refractivity contribution is 0.0697. The lowest BCUT2D eigenvalue weighted by atomic mass is 10.1. The van der Waals surface area contributed by atoms with Gasteiger partial charge in [-0.15, -0.1) is 0 Å². The number of aromatic carboxylic acids is 1. The molecule has 0 radical (unpaired) electrons. The molecule has 0 unspecified atom stereocenters. The highest BCUT2D eigenvalue weighted by Crippen LogP contribution is 2.18. The van der Waals surface area contributed by atoms with Crippen molar-refractivity contribution in [2.24, 2.45) is 0 Å². The van der Waals surface area contributed by atoms with Crippen molar-refractivity contribution in [3.63, 3.8) is 0 Å². The highest BCUT2D eigenvalue weighted by Gasteiger charge is 2.14. The third-order valence-corrected chi connectivity index (χ3v) is 3.11. The van der Waals surface area contributed by atoms with Crippen molar-refractivity contribution in [2.75, 3.05) is 4.90 Å². The molecule has 0 aliphatic carbocycles. The second-order valence-electron chi connectivity index (χ2n) is 4.92. The van der Waals surface area contributed by atoms with Crippen LogP contribution in [0.3, 0.4) is 0 Å². The summed E-state index contributed by atoms with van der Waals surface area (Å²) in [5.41, 5.74) is 1.43. The Morgan fingerprint density at radius 3 is 2.55 bits per heavy atom. The van der Waals surface area contributed by atoms with Crippen LogP contribution in [0, 0.1) is 0 Å². The van der Waals surface area contributed by atoms with E-state index in [0.29, 0.717) is 12.4 Å². The van der Waals surface area contributed by atoms with E-state index in [9.17, 15) is 4.79 Å². The SMILES string of the molecule is CC(C)N(Cc1ccccc1)c1cc(C(=O)O)ccn1. The Labute approximate surface area is 118 Å². The maximum atomic E-state index is 11.1. The Morgan fingerprint density at radius 2 is 1.95 bits per heavy atom. The molecule has 1 aromatic carbocycles. The highest BCUT2D eigenvalue weighted by atomic mass is 16.4. The van der Waals surface area contributed by atoms with Crippen molar-refractivity contribution in [1.82, 2.24) is 4.98 Å². The quantitative estimate of drug-likeness (QED) is 0.906. The summed E-state index contributed by atoms with van der Waals surface area (Å²) in [6.07, 6.45) is 1.54. The number of anilines is 1. The van der Waals surface area contributed by atoms with Gasteiger partial charge in [0, 0.05) is 18.8 Å². The van der Waals surface area contributed by atoms with Gasteiger partial charge in [-0.1, -0.05) is 30.3 Å². The molecular formula is C16H18N2O2. The Morgan fingerprint density at radius 1 is 1.25 bits per heavy atom. The van der Waals surface area contributed by atoms with Crippen LogP contribution in [0.15, 0.2) is 48.7 Å². The molecule has 0 atom stereocenters. The third-order valence-electron chi connectivity index (χ3n) is 3.11. The van der Waals surface area contributed by atoms with Gasteiger partial charge in [0.1, 0.15) is 5.82 Å². The Balaban J connectivity index is 2.29. The van der Waals surface area contributed by atoms with E-state index in [4.69, 9.17) is 5.11 Å². The predicted octanol–water partition coefficient (Wildman–Crippen LogP) is 3.19. The Kier molecular flexibility index (Phi) is 4.35. The van der Waals surface area contributed by atoms with Gasteiger partial charge in [0.2, 0.25) is 0 Å². The van der Waals surface area contributed by atoms with Crippen LogP contribution >= 0.6 is 0 Å². The molecule has 0 bridgehead atoms. The van der Waals surface area contributed by atoms with Crippen LogP contribution in [-0.2, 0) is 6.54 Å². The fourth-order valence-electron chi connectivity index (χ4n) is 2.02. The largest absolute Gasteiger partial charge is 0.478 e. The van der Waals surface area contributed by atoms with Gasteiger partial charge in [-0.05, 0) is 31.5 Å². The molecule has 4 heteroatoms. The first kappa shape index (κ1) is 14.1. The first-order chi connectivity index (χ1) is 9.58. The molecule has 0 saturated carbocycles. The number of benzene rings is 1. The van der Waals surface area contributed by atoms with Crippen molar-refractivity contribution in [2.45, 2.75) is 26.4 Å². The first-order valence-electron chi connectivity index (χ1n) is 6.58. The molecule has 1 N–H and O–H groups in total. The summed E-state index contributed by atoms with van der Waals surface area (Å²) in [6, 6.07) is 13.4. The summed E-state index contributed by atoms with van der Waals surface area (Å²) >= 11 is 0. The molecule has 1 heterocycles. The normalized spacial score (nSPS) is 10.6. The number of carboxylic acids is 1. The second kappa shape index (κ2) is 6.19. The van der Waals surface area contributed by atoms with E-state index in [1.54, 1.807) is 12.3 Å². The van der Waals surface area contributed by atoms with Crippen LogP contribution in [0.2, 0.25) is 0 Å². The molecule has 104 valence electrons. The highest BCUT2D eigenvalue weighted by molar-refractivity contribution is 5.88. The average molecular weight is 270 g/mol. The lowest BCUT2D eigenvalue weighted by Gasteiger charge is -2.28. The molecule has 2 aromatic rings. The monoisotopic (exact) mass is 270 g/mol. The maximum absolute atomic E-state index is 11.1. The summed E-state index contributed by atoms with van der Waals surface area (Å²) in [5.74, 6) is -0.249. The number of aromatic nitrogens is 1. The van der Waals surface area contributed by atoms with Crippen molar-refractivity contribution in [3.8, 4) is 0 Å². The third kappa shape index (κ3) is 3.35. The zero-order valence-corrected chi connectivity index (χ0v) is 11.7. The van der Waals surface area contributed by atoms with Crippen LogP contribution in [-0.4, -0.2) is 22.1 Å². The molecule has 2 rings (SSSR count). The average Bonchev–Trinajstić information content (AvgIpc) is 2.45. The number of hydrogen-bond donors (Lipinski definition) is 1. The second-order valence-corrected chi connectivity index (χ2v) is 4.92. The minimum atomic E-state index is -0.933. The summed E-state index contributed by atoms with van der Waals surface area (Å²) in [6.45, 7) is 4.84. The minimum Gasteiger partial charge on any atom is -0.478 e. The zero-order chi connectivity index (χ0) is 14.5. The van der Waals surface area contributed by atoms with E-state index in [2.05, 4.69) is 35.9 Å². The van der Waals surface area contributed by atoms with Gasteiger partial charge < -0.3 is 10.0 Å². The first-order valence-corrected chi connectivity index (χ1v) is 6.58. The summed E-state index contributed by atoms with van der Waals surface area (Å²) < 4.78 is 0. The summed E-state index contributed by atoms with van der Waals surface area (Å²) in [7, 11) is 0.